The van der Waals surface area contributed by atoms with Crippen molar-refractivity contribution in [3.8, 4) is 0 Å². The number of aromatic carboxylic acids is 1. The Morgan fingerprint density at radius 2 is 1.77 bits per heavy atom. The largest absolute Gasteiger partial charge is 1.00 e. The summed E-state index contributed by atoms with van der Waals surface area (Å²) in [4.78, 5) is 12.4. The summed E-state index contributed by atoms with van der Waals surface area (Å²) in [6, 6.07) is 6.75. The summed E-state index contributed by atoms with van der Waals surface area (Å²) in [6.07, 6.45) is 0. The van der Waals surface area contributed by atoms with Crippen molar-refractivity contribution < 1.29 is 40.9 Å². The first-order valence-electron chi connectivity index (χ1n) is 3.62. The summed E-state index contributed by atoms with van der Waals surface area (Å²) in [7, 11) is 3.82. The Bertz CT molecular complexity index is 287. The van der Waals surface area contributed by atoms with E-state index < -0.39 is 5.97 Å². The number of hydrogen-bond acceptors (Lipinski definition) is 2. The molecule has 66 valence electrons. The molecule has 0 bridgehead atoms. The monoisotopic (exact) mass is 189 g/mol. The van der Waals surface area contributed by atoms with Gasteiger partial charge in [-0.1, -0.05) is 0 Å². The normalized spacial score (nSPS) is 8.77. The number of benzene rings is 1. The van der Waals surface area contributed by atoms with Gasteiger partial charge in [-0.15, -0.1) is 0 Å². The molecule has 0 saturated carbocycles. The Morgan fingerprint density at radius 1 is 1.31 bits per heavy atom. The van der Waals surface area contributed by atoms with Crippen LogP contribution in [0.5, 0.6) is 0 Å². The van der Waals surface area contributed by atoms with Crippen LogP contribution in [-0.4, -0.2) is 25.2 Å². The van der Waals surface area contributed by atoms with E-state index in [1.807, 2.05) is 19.0 Å². The fraction of sp³-hybridized carbons (Fsp3) is 0.222. The van der Waals surface area contributed by atoms with Crippen LogP contribution in [0.25, 0.3) is 0 Å². The zero-order valence-electron chi connectivity index (χ0n) is 9.11. The van der Waals surface area contributed by atoms with E-state index in [0.717, 1.165) is 5.69 Å². The second-order valence-corrected chi connectivity index (χ2v) is 2.75. The van der Waals surface area contributed by atoms with Gasteiger partial charge in [0.2, 0.25) is 0 Å². The molecule has 0 aromatic heterocycles. The van der Waals surface area contributed by atoms with Gasteiger partial charge in [-0.3, -0.25) is 0 Å². The van der Waals surface area contributed by atoms with Crippen molar-refractivity contribution in [1.82, 2.24) is 0 Å². The van der Waals surface area contributed by atoms with Crippen LogP contribution in [-0.2, 0) is 0 Å². The summed E-state index contributed by atoms with van der Waals surface area (Å²) in [5.41, 5.74) is 1.32. The van der Waals surface area contributed by atoms with Gasteiger partial charge in [-0.25, -0.2) is 4.79 Å². The average molecular weight is 189 g/mol. The van der Waals surface area contributed by atoms with E-state index >= 15 is 0 Å². The van der Waals surface area contributed by atoms with Crippen molar-refractivity contribution in [2.24, 2.45) is 0 Å². The van der Waals surface area contributed by atoms with Gasteiger partial charge in [-0.2, -0.15) is 0 Å². The van der Waals surface area contributed by atoms with Gasteiger partial charge < -0.3 is 11.4 Å². The predicted molar refractivity (Wildman–Crippen MR) is 48.8 cm³/mol. The Hall–Kier alpha value is -0.510. The number of carbonyl (C=O) groups is 1. The van der Waals surface area contributed by atoms with Gasteiger partial charge >= 0.3 is 35.5 Å². The van der Waals surface area contributed by atoms with Crippen LogP contribution >= 0.6 is 0 Å². The van der Waals surface area contributed by atoms with Gasteiger partial charge in [0.05, 0.1) is 5.56 Å². The number of rotatable bonds is 2. The minimum atomic E-state index is -0.889. The van der Waals surface area contributed by atoms with Gasteiger partial charge in [-0.05, 0) is 24.3 Å². The Kier molecular flexibility index (Phi) is 5.06. The molecule has 0 spiro atoms. The van der Waals surface area contributed by atoms with Crippen molar-refractivity contribution in [3.63, 3.8) is 0 Å². The fourth-order valence-electron chi connectivity index (χ4n) is 0.902. The van der Waals surface area contributed by atoms with Gasteiger partial charge in [0, 0.05) is 19.8 Å². The van der Waals surface area contributed by atoms with Crippen LogP contribution in [0.1, 0.15) is 11.8 Å². The summed E-state index contributed by atoms with van der Waals surface area (Å²) in [5.74, 6) is -0.889. The molecule has 0 aliphatic heterocycles. The molecule has 0 heterocycles. The quantitative estimate of drug-likeness (QED) is 0.580. The van der Waals surface area contributed by atoms with E-state index in [2.05, 4.69) is 0 Å². The molecule has 0 radical (unpaired) electrons. The first-order valence-corrected chi connectivity index (χ1v) is 3.62. The van der Waals surface area contributed by atoms with E-state index in [-0.39, 0.29) is 31.0 Å². The molecule has 13 heavy (non-hydrogen) atoms. The van der Waals surface area contributed by atoms with Gasteiger partial charge in [0.25, 0.3) is 0 Å². The van der Waals surface area contributed by atoms with Crippen LogP contribution in [0, 0.1) is 0 Å². The van der Waals surface area contributed by atoms with E-state index in [0.29, 0.717) is 5.56 Å². The third kappa shape index (κ3) is 3.38. The molecule has 0 unspecified atom stereocenters. The number of carboxylic acids is 1. The first-order chi connectivity index (χ1) is 5.61. The zero-order valence-corrected chi connectivity index (χ0v) is 10.1. The molecule has 0 amide bonds. The number of carboxylic acid groups (broad SMARTS) is 1. The Balaban J connectivity index is 0. The summed E-state index contributed by atoms with van der Waals surface area (Å²) >= 11 is 0. The molecule has 1 rings (SSSR count). The van der Waals surface area contributed by atoms with Crippen molar-refractivity contribution >= 4 is 11.7 Å². The fourth-order valence-corrected chi connectivity index (χ4v) is 0.902. The summed E-state index contributed by atoms with van der Waals surface area (Å²) < 4.78 is 0. The van der Waals surface area contributed by atoms with Crippen molar-refractivity contribution in [2.45, 2.75) is 0 Å². The summed E-state index contributed by atoms with van der Waals surface area (Å²) in [5, 5.41) is 8.60. The Labute approximate surface area is 101 Å². The van der Waals surface area contributed by atoms with E-state index in [9.17, 15) is 4.79 Å². The molecular weight excluding hydrogens is 177 g/mol. The number of anilines is 1. The minimum absolute atomic E-state index is 0. The topological polar surface area (TPSA) is 40.5 Å². The van der Waals surface area contributed by atoms with Crippen molar-refractivity contribution in [2.75, 3.05) is 19.0 Å². The van der Waals surface area contributed by atoms with Crippen LogP contribution in [0.2, 0.25) is 0 Å². The molecule has 4 heteroatoms. The molecule has 0 saturated heterocycles. The van der Waals surface area contributed by atoms with Crippen LogP contribution in [0.4, 0.5) is 5.69 Å². The third-order valence-corrected chi connectivity index (χ3v) is 1.63. The van der Waals surface area contributed by atoms with Gasteiger partial charge in [0.15, 0.2) is 0 Å². The predicted octanol–water partition coefficient (Wildman–Crippen LogP) is -1.43. The molecule has 1 aromatic rings. The SMILES string of the molecule is CN(C)c1ccc(C(=O)O)cc1.[H-].[Na+]. The van der Waals surface area contributed by atoms with Crippen LogP contribution in [0.3, 0.4) is 0 Å². The standard InChI is InChI=1S/C9H11NO2.Na.H/c1-10(2)8-5-3-7(4-6-8)9(11)12;;/h3-6H,1-2H3,(H,11,12);;/q;+1;-1. The maximum absolute atomic E-state index is 10.5. The van der Waals surface area contributed by atoms with Crippen molar-refractivity contribution in [3.05, 3.63) is 29.8 Å². The second-order valence-electron chi connectivity index (χ2n) is 2.75. The molecule has 0 aliphatic rings. The molecule has 3 nitrogen and oxygen atoms in total. The van der Waals surface area contributed by atoms with Crippen LogP contribution in [0.15, 0.2) is 24.3 Å². The third-order valence-electron chi connectivity index (χ3n) is 1.63. The minimum Gasteiger partial charge on any atom is -1.00 e. The van der Waals surface area contributed by atoms with E-state index in [1.54, 1.807) is 24.3 Å². The smallest absolute Gasteiger partial charge is 1.00 e. The molecule has 0 fully saturated rings. The maximum Gasteiger partial charge on any atom is 1.00 e. The van der Waals surface area contributed by atoms with Crippen LogP contribution < -0.4 is 34.5 Å². The molecule has 1 aromatic carbocycles. The zero-order chi connectivity index (χ0) is 9.14. The Morgan fingerprint density at radius 3 is 2.08 bits per heavy atom. The van der Waals surface area contributed by atoms with E-state index in [1.165, 1.54) is 0 Å². The van der Waals surface area contributed by atoms with E-state index in [4.69, 9.17) is 5.11 Å². The number of hydrogen-bond donors (Lipinski definition) is 1. The average Bonchev–Trinajstić information content (AvgIpc) is 2.04. The number of nitrogens with zero attached hydrogens (tertiary/aromatic N) is 1. The maximum atomic E-state index is 10.5. The van der Waals surface area contributed by atoms with Crippen molar-refractivity contribution in [1.29, 1.82) is 0 Å². The summed E-state index contributed by atoms with van der Waals surface area (Å²) in [6.45, 7) is 0. The first kappa shape index (κ1) is 12.5. The molecule has 0 aliphatic carbocycles. The molecule has 0 atom stereocenters. The second kappa shape index (κ2) is 5.27. The molecular formula is C9H12NNaO2. The molecule has 1 N–H and O–H groups in total. The van der Waals surface area contributed by atoms with Gasteiger partial charge in [0.1, 0.15) is 0 Å².